The zero-order valence-corrected chi connectivity index (χ0v) is 11.7. The number of halogens is 4. The van der Waals surface area contributed by atoms with Gasteiger partial charge in [-0.15, -0.1) is 0 Å². The molecule has 0 radical (unpaired) electrons. The topological polar surface area (TPSA) is 62.2 Å². The van der Waals surface area contributed by atoms with E-state index >= 15 is 0 Å². The van der Waals surface area contributed by atoms with E-state index in [1.807, 2.05) is 0 Å². The molecule has 0 aromatic heterocycles. The summed E-state index contributed by atoms with van der Waals surface area (Å²) in [5, 5.41) is 7.65. The van der Waals surface area contributed by atoms with Crippen LogP contribution in [0.2, 0.25) is 0 Å². The first kappa shape index (κ1) is 13.8. The van der Waals surface area contributed by atoms with Gasteiger partial charge in [-0.05, 0) is 12.1 Å². The third-order valence-electron chi connectivity index (χ3n) is 1.64. The van der Waals surface area contributed by atoms with E-state index in [-0.39, 0.29) is 11.7 Å². The molecule has 0 aliphatic rings. The molecule has 0 bridgehead atoms. The van der Waals surface area contributed by atoms with Crippen molar-refractivity contribution in [2.45, 2.75) is 3.79 Å². The van der Waals surface area contributed by atoms with Crippen molar-refractivity contribution in [3.05, 3.63) is 34.3 Å². The third kappa shape index (κ3) is 3.94. The molecule has 3 N–H and O–H groups in total. The standard InChI is InChI=1S/C9H7BrCl3N3/c10-6-3-1-5(2-4-6)7(14)16-8(15)9(11,12)13/h1-4H,(H3,14,15,16). The smallest absolute Gasteiger partial charge is 0.247 e. The highest BCUT2D eigenvalue weighted by Crippen LogP contribution is 2.26. The molecule has 0 aliphatic carbocycles. The summed E-state index contributed by atoms with van der Waals surface area (Å²) in [6.07, 6.45) is 0. The Bertz CT molecular complexity index is 423. The molecule has 0 heterocycles. The van der Waals surface area contributed by atoms with Crippen LogP contribution >= 0.6 is 50.7 Å². The SMILES string of the molecule is N=C(N=C(N)C(Cl)(Cl)Cl)c1ccc(Br)cc1. The summed E-state index contributed by atoms with van der Waals surface area (Å²) in [5.41, 5.74) is 6.01. The highest BCUT2D eigenvalue weighted by atomic mass is 79.9. The Hall–Kier alpha value is -0.290. The van der Waals surface area contributed by atoms with Crippen molar-refractivity contribution in [3.8, 4) is 0 Å². The molecule has 1 aromatic rings. The summed E-state index contributed by atoms with van der Waals surface area (Å²) in [4.78, 5) is 3.71. The van der Waals surface area contributed by atoms with E-state index in [1.165, 1.54) is 0 Å². The number of nitrogens with zero attached hydrogens (tertiary/aromatic N) is 1. The molecule has 0 saturated heterocycles. The van der Waals surface area contributed by atoms with Gasteiger partial charge in [0.1, 0.15) is 0 Å². The molecule has 0 amide bonds. The van der Waals surface area contributed by atoms with Crippen LogP contribution < -0.4 is 5.73 Å². The summed E-state index contributed by atoms with van der Waals surface area (Å²) >= 11 is 19.8. The normalized spacial score (nSPS) is 12.6. The van der Waals surface area contributed by atoms with E-state index in [1.54, 1.807) is 24.3 Å². The molecule has 86 valence electrons. The zero-order chi connectivity index (χ0) is 12.3. The Labute approximate surface area is 116 Å². The van der Waals surface area contributed by atoms with Gasteiger partial charge in [0, 0.05) is 10.0 Å². The lowest BCUT2D eigenvalue weighted by Gasteiger charge is -2.09. The monoisotopic (exact) mass is 341 g/mol. The molecule has 1 aromatic carbocycles. The van der Waals surface area contributed by atoms with Crippen molar-refractivity contribution >= 4 is 62.4 Å². The number of amidine groups is 2. The van der Waals surface area contributed by atoms with E-state index in [9.17, 15) is 0 Å². The van der Waals surface area contributed by atoms with E-state index in [0.29, 0.717) is 5.56 Å². The van der Waals surface area contributed by atoms with Crippen LogP contribution in [0.4, 0.5) is 0 Å². The fraction of sp³-hybridized carbons (Fsp3) is 0.111. The van der Waals surface area contributed by atoms with Crippen LogP contribution in [0.5, 0.6) is 0 Å². The first-order valence-corrected chi connectivity index (χ1v) is 5.99. The molecule has 0 atom stereocenters. The number of alkyl halides is 3. The minimum Gasteiger partial charge on any atom is -0.383 e. The average molecular weight is 343 g/mol. The molecule has 0 spiro atoms. The Morgan fingerprint density at radius 1 is 1.25 bits per heavy atom. The van der Waals surface area contributed by atoms with Crippen LogP contribution in [0.25, 0.3) is 0 Å². The zero-order valence-electron chi connectivity index (χ0n) is 7.85. The number of nitrogens with one attached hydrogen (secondary N) is 1. The van der Waals surface area contributed by atoms with Gasteiger partial charge in [0.05, 0.1) is 0 Å². The van der Waals surface area contributed by atoms with Crippen LogP contribution in [0.1, 0.15) is 5.56 Å². The number of nitrogens with two attached hydrogens (primary N) is 1. The largest absolute Gasteiger partial charge is 0.383 e. The number of benzene rings is 1. The molecule has 7 heteroatoms. The summed E-state index contributed by atoms with van der Waals surface area (Å²) in [5.74, 6) is -0.290. The van der Waals surface area contributed by atoms with Gasteiger partial charge in [0.25, 0.3) is 0 Å². The van der Waals surface area contributed by atoms with Crippen molar-refractivity contribution in [1.82, 2.24) is 0 Å². The van der Waals surface area contributed by atoms with Crippen LogP contribution in [0, 0.1) is 5.41 Å². The Morgan fingerprint density at radius 3 is 2.19 bits per heavy atom. The quantitative estimate of drug-likeness (QED) is 0.457. The lowest BCUT2D eigenvalue weighted by Crippen LogP contribution is -2.29. The van der Waals surface area contributed by atoms with Crippen molar-refractivity contribution in [3.63, 3.8) is 0 Å². The highest BCUT2D eigenvalue weighted by molar-refractivity contribution is 9.10. The predicted molar refractivity (Wildman–Crippen MR) is 72.9 cm³/mol. The molecular formula is C9H7BrCl3N3. The molecule has 0 aliphatic heterocycles. The van der Waals surface area contributed by atoms with Gasteiger partial charge in [-0.2, -0.15) is 0 Å². The maximum Gasteiger partial charge on any atom is 0.247 e. The summed E-state index contributed by atoms with van der Waals surface area (Å²) in [6, 6.07) is 6.99. The van der Waals surface area contributed by atoms with E-state index < -0.39 is 3.79 Å². The molecule has 0 fully saturated rings. The minimum atomic E-state index is -1.79. The Balaban J connectivity index is 2.92. The lowest BCUT2D eigenvalue weighted by atomic mass is 10.2. The Morgan fingerprint density at radius 2 is 1.75 bits per heavy atom. The Kier molecular flexibility index (Phi) is 4.62. The molecule has 0 saturated carbocycles. The van der Waals surface area contributed by atoms with Gasteiger partial charge in [-0.25, -0.2) is 4.99 Å². The first-order valence-electron chi connectivity index (χ1n) is 4.06. The third-order valence-corrected chi connectivity index (χ3v) is 2.75. The first-order chi connectivity index (χ1) is 7.30. The number of rotatable bonds is 1. The maximum atomic E-state index is 7.65. The van der Waals surface area contributed by atoms with Crippen molar-refractivity contribution in [2.24, 2.45) is 10.7 Å². The fourth-order valence-corrected chi connectivity index (χ4v) is 1.25. The van der Waals surface area contributed by atoms with Crippen LogP contribution in [0.3, 0.4) is 0 Å². The molecule has 3 nitrogen and oxygen atoms in total. The molecule has 0 unspecified atom stereocenters. The van der Waals surface area contributed by atoms with Gasteiger partial charge in [0.2, 0.25) is 3.79 Å². The van der Waals surface area contributed by atoms with Crippen LogP contribution in [0.15, 0.2) is 33.7 Å². The average Bonchev–Trinajstić information content (AvgIpc) is 2.17. The molecular weight excluding hydrogens is 336 g/mol. The lowest BCUT2D eigenvalue weighted by molar-refractivity contribution is 1.36. The van der Waals surface area contributed by atoms with E-state index in [0.717, 1.165) is 4.47 Å². The summed E-state index contributed by atoms with van der Waals surface area (Å²) in [6.45, 7) is 0. The predicted octanol–water partition coefficient (Wildman–Crippen LogP) is 3.50. The van der Waals surface area contributed by atoms with Crippen LogP contribution in [-0.2, 0) is 0 Å². The molecule has 16 heavy (non-hydrogen) atoms. The second-order valence-electron chi connectivity index (χ2n) is 2.85. The van der Waals surface area contributed by atoms with Crippen molar-refractivity contribution in [1.29, 1.82) is 5.41 Å². The van der Waals surface area contributed by atoms with Gasteiger partial charge < -0.3 is 5.73 Å². The van der Waals surface area contributed by atoms with Crippen LogP contribution in [-0.4, -0.2) is 15.5 Å². The highest BCUT2D eigenvalue weighted by Gasteiger charge is 2.25. The number of hydrogen-bond donors (Lipinski definition) is 2. The fourth-order valence-electron chi connectivity index (χ4n) is 0.856. The van der Waals surface area contributed by atoms with Gasteiger partial charge in [-0.3, -0.25) is 5.41 Å². The van der Waals surface area contributed by atoms with Crippen molar-refractivity contribution < 1.29 is 0 Å². The van der Waals surface area contributed by atoms with E-state index in [4.69, 9.17) is 45.9 Å². The number of aliphatic imine (C=N–C) groups is 1. The van der Waals surface area contributed by atoms with Gasteiger partial charge in [0.15, 0.2) is 11.7 Å². The minimum absolute atomic E-state index is 0.0590. The summed E-state index contributed by atoms with van der Waals surface area (Å²) in [7, 11) is 0. The maximum absolute atomic E-state index is 7.65. The second-order valence-corrected chi connectivity index (χ2v) is 6.05. The second kappa shape index (κ2) is 5.36. The number of hydrogen-bond acceptors (Lipinski definition) is 1. The summed E-state index contributed by atoms with van der Waals surface area (Å²) < 4.78 is -0.885. The van der Waals surface area contributed by atoms with Gasteiger partial charge >= 0.3 is 0 Å². The van der Waals surface area contributed by atoms with Crippen molar-refractivity contribution in [2.75, 3.05) is 0 Å². The molecule has 1 rings (SSSR count). The van der Waals surface area contributed by atoms with E-state index in [2.05, 4.69) is 20.9 Å². The van der Waals surface area contributed by atoms with Gasteiger partial charge in [-0.1, -0.05) is 62.9 Å².